The molecule has 1 N–H and O–H groups in total. The van der Waals surface area contributed by atoms with Crippen molar-refractivity contribution < 1.29 is 8.42 Å². The van der Waals surface area contributed by atoms with Crippen molar-refractivity contribution in [3.05, 3.63) is 47.5 Å². The topological polar surface area (TPSA) is 46.2 Å². The van der Waals surface area contributed by atoms with Crippen LogP contribution in [0.15, 0.2) is 36.9 Å². The minimum atomic E-state index is -3.29. The van der Waals surface area contributed by atoms with Gasteiger partial charge in [0.2, 0.25) is 10.0 Å². The molecule has 0 saturated carbocycles. The Morgan fingerprint density at radius 3 is 2.80 bits per heavy atom. The first-order valence-corrected chi connectivity index (χ1v) is 6.39. The molecule has 0 aliphatic heterocycles. The van der Waals surface area contributed by atoms with Gasteiger partial charge in [-0.25, -0.2) is 13.1 Å². The zero-order valence-corrected chi connectivity index (χ0v) is 9.68. The molecule has 0 aromatic heterocycles. The average molecular weight is 246 g/mol. The van der Waals surface area contributed by atoms with E-state index in [2.05, 4.69) is 11.3 Å². The summed E-state index contributed by atoms with van der Waals surface area (Å²) in [4.78, 5) is 0. The fourth-order valence-electron chi connectivity index (χ4n) is 1.08. The summed E-state index contributed by atoms with van der Waals surface area (Å²) in [6.07, 6.45) is 1.50. The molecule has 0 aliphatic rings. The second-order valence-electron chi connectivity index (χ2n) is 3.03. The zero-order valence-electron chi connectivity index (χ0n) is 8.11. The van der Waals surface area contributed by atoms with E-state index in [1.165, 1.54) is 6.08 Å². The van der Waals surface area contributed by atoms with Crippen molar-refractivity contribution in [3.63, 3.8) is 0 Å². The van der Waals surface area contributed by atoms with Gasteiger partial charge in [-0.15, -0.1) is 6.58 Å². The molecule has 15 heavy (non-hydrogen) atoms. The van der Waals surface area contributed by atoms with E-state index in [-0.39, 0.29) is 12.3 Å². The fourth-order valence-corrected chi connectivity index (χ4v) is 2.39. The van der Waals surface area contributed by atoms with Gasteiger partial charge < -0.3 is 0 Å². The summed E-state index contributed by atoms with van der Waals surface area (Å²) < 4.78 is 25.3. The van der Waals surface area contributed by atoms with Crippen molar-refractivity contribution in [2.24, 2.45) is 0 Å². The van der Waals surface area contributed by atoms with Gasteiger partial charge in [0.15, 0.2) is 0 Å². The molecular weight excluding hydrogens is 234 g/mol. The van der Waals surface area contributed by atoms with Crippen LogP contribution in [0.5, 0.6) is 0 Å². The molecule has 5 heteroatoms. The van der Waals surface area contributed by atoms with Crippen molar-refractivity contribution in [2.45, 2.75) is 5.75 Å². The maximum atomic E-state index is 11.5. The Balaban J connectivity index is 2.73. The van der Waals surface area contributed by atoms with E-state index in [0.717, 1.165) is 0 Å². The summed E-state index contributed by atoms with van der Waals surface area (Å²) >= 11 is 5.75. The summed E-state index contributed by atoms with van der Waals surface area (Å²) in [5.41, 5.74) is 0.666. The Morgan fingerprint density at radius 1 is 1.47 bits per heavy atom. The molecule has 82 valence electrons. The van der Waals surface area contributed by atoms with Crippen LogP contribution in [0.4, 0.5) is 0 Å². The number of hydrogen-bond donors (Lipinski definition) is 1. The zero-order chi connectivity index (χ0) is 11.3. The first-order chi connectivity index (χ1) is 7.03. The molecule has 0 saturated heterocycles. The SMILES string of the molecule is C=CCNS(=O)(=O)Cc1cccc(Cl)c1. The van der Waals surface area contributed by atoms with Crippen molar-refractivity contribution in [2.75, 3.05) is 6.54 Å². The van der Waals surface area contributed by atoms with Crippen LogP contribution in [0, 0.1) is 0 Å². The Hall–Kier alpha value is -0.840. The van der Waals surface area contributed by atoms with E-state index in [1.54, 1.807) is 24.3 Å². The summed E-state index contributed by atoms with van der Waals surface area (Å²) in [6, 6.07) is 6.78. The van der Waals surface area contributed by atoms with Gasteiger partial charge in [0, 0.05) is 11.6 Å². The van der Waals surface area contributed by atoms with Crippen LogP contribution in [-0.4, -0.2) is 15.0 Å². The lowest BCUT2D eigenvalue weighted by atomic mass is 10.2. The quantitative estimate of drug-likeness (QED) is 0.806. The van der Waals surface area contributed by atoms with Crippen LogP contribution in [0.1, 0.15) is 5.56 Å². The molecule has 1 aromatic carbocycles. The number of halogens is 1. The lowest BCUT2D eigenvalue weighted by molar-refractivity contribution is 0.585. The molecule has 1 aromatic rings. The fraction of sp³-hybridized carbons (Fsp3) is 0.200. The minimum absolute atomic E-state index is 0.0681. The van der Waals surface area contributed by atoms with E-state index in [4.69, 9.17) is 11.6 Å². The van der Waals surface area contributed by atoms with E-state index in [1.807, 2.05) is 0 Å². The van der Waals surface area contributed by atoms with Gasteiger partial charge >= 0.3 is 0 Å². The highest BCUT2D eigenvalue weighted by atomic mass is 35.5. The molecule has 0 atom stereocenters. The first kappa shape index (κ1) is 12.2. The predicted octanol–water partition coefficient (Wildman–Crippen LogP) is 1.95. The Morgan fingerprint density at radius 2 is 2.20 bits per heavy atom. The van der Waals surface area contributed by atoms with Gasteiger partial charge in [-0.05, 0) is 17.7 Å². The molecule has 0 spiro atoms. The van der Waals surface area contributed by atoms with Crippen LogP contribution in [-0.2, 0) is 15.8 Å². The molecule has 0 heterocycles. The average Bonchev–Trinajstić information content (AvgIpc) is 2.14. The summed E-state index contributed by atoms with van der Waals surface area (Å²) in [5.74, 6) is -0.0681. The van der Waals surface area contributed by atoms with Crippen LogP contribution in [0.25, 0.3) is 0 Å². The molecule has 0 bridgehead atoms. The number of sulfonamides is 1. The number of nitrogens with one attached hydrogen (secondary N) is 1. The van der Waals surface area contributed by atoms with E-state index < -0.39 is 10.0 Å². The number of hydrogen-bond acceptors (Lipinski definition) is 2. The third kappa shape index (κ3) is 4.46. The maximum absolute atomic E-state index is 11.5. The molecule has 0 radical (unpaired) electrons. The third-order valence-electron chi connectivity index (χ3n) is 1.69. The second-order valence-corrected chi connectivity index (χ2v) is 5.27. The van der Waals surface area contributed by atoms with E-state index in [9.17, 15) is 8.42 Å². The van der Waals surface area contributed by atoms with Gasteiger partial charge in [0.1, 0.15) is 0 Å². The Bertz CT molecular complexity index is 442. The van der Waals surface area contributed by atoms with Crippen molar-refractivity contribution in [1.29, 1.82) is 0 Å². The van der Waals surface area contributed by atoms with Gasteiger partial charge in [0.25, 0.3) is 0 Å². The normalized spacial score (nSPS) is 11.3. The van der Waals surface area contributed by atoms with Crippen molar-refractivity contribution in [1.82, 2.24) is 4.72 Å². The third-order valence-corrected chi connectivity index (χ3v) is 3.25. The Labute approximate surface area is 94.8 Å². The van der Waals surface area contributed by atoms with Crippen LogP contribution in [0.3, 0.4) is 0 Å². The highest BCUT2D eigenvalue weighted by Gasteiger charge is 2.09. The van der Waals surface area contributed by atoms with Crippen molar-refractivity contribution >= 4 is 21.6 Å². The maximum Gasteiger partial charge on any atom is 0.216 e. The lowest BCUT2D eigenvalue weighted by Gasteiger charge is -2.04. The van der Waals surface area contributed by atoms with Gasteiger partial charge in [-0.2, -0.15) is 0 Å². The standard InChI is InChI=1S/C10H12ClNO2S/c1-2-6-12-15(13,14)8-9-4-3-5-10(11)7-9/h2-5,7,12H,1,6,8H2. The van der Waals surface area contributed by atoms with Crippen LogP contribution >= 0.6 is 11.6 Å². The molecule has 0 unspecified atom stereocenters. The highest BCUT2D eigenvalue weighted by Crippen LogP contribution is 2.12. The van der Waals surface area contributed by atoms with Gasteiger partial charge in [-0.3, -0.25) is 0 Å². The molecule has 3 nitrogen and oxygen atoms in total. The summed E-state index contributed by atoms with van der Waals surface area (Å²) in [5, 5.41) is 0.534. The summed E-state index contributed by atoms with van der Waals surface area (Å²) in [6.45, 7) is 3.68. The van der Waals surface area contributed by atoms with Crippen LogP contribution < -0.4 is 4.72 Å². The van der Waals surface area contributed by atoms with E-state index in [0.29, 0.717) is 10.6 Å². The van der Waals surface area contributed by atoms with Gasteiger partial charge in [-0.1, -0.05) is 29.8 Å². The molecule has 0 fully saturated rings. The predicted molar refractivity (Wildman–Crippen MR) is 62.3 cm³/mol. The minimum Gasteiger partial charge on any atom is -0.212 e. The molecular formula is C10H12ClNO2S. The Kier molecular flexibility index (Phi) is 4.32. The molecule has 0 aliphatic carbocycles. The van der Waals surface area contributed by atoms with Gasteiger partial charge in [0.05, 0.1) is 5.75 Å². The van der Waals surface area contributed by atoms with Crippen molar-refractivity contribution in [3.8, 4) is 0 Å². The monoisotopic (exact) mass is 245 g/mol. The summed E-state index contributed by atoms with van der Waals surface area (Å²) in [7, 11) is -3.29. The molecule has 1 rings (SSSR count). The second kappa shape index (κ2) is 5.30. The number of rotatable bonds is 5. The first-order valence-electron chi connectivity index (χ1n) is 4.36. The highest BCUT2D eigenvalue weighted by molar-refractivity contribution is 7.88. The largest absolute Gasteiger partial charge is 0.216 e. The molecule has 0 amide bonds. The van der Waals surface area contributed by atoms with E-state index >= 15 is 0 Å². The van der Waals surface area contributed by atoms with Crippen LogP contribution in [0.2, 0.25) is 5.02 Å². The smallest absolute Gasteiger partial charge is 0.212 e. The lowest BCUT2D eigenvalue weighted by Crippen LogP contribution is -2.25. The number of benzene rings is 1.